The smallest absolute Gasteiger partial charge is 0.242 e. The highest BCUT2D eigenvalue weighted by molar-refractivity contribution is 6.30. The Morgan fingerprint density at radius 2 is 1.53 bits per heavy atom. The first-order valence-corrected chi connectivity index (χ1v) is 10.8. The lowest BCUT2D eigenvalue weighted by Crippen LogP contribution is -2.47. The number of halogens is 1. The monoisotopic (exact) mass is 450 g/mol. The number of carbonyl (C=O) groups is 2. The summed E-state index contributed by atoms with van der Waals surface area (Å²) in [5.41, 5.74) is 2.77. The van der Waals surface area contributed by atoms with Crippen LogP contribution in [0.3, 0.4) is 0 Å². The summed E-state index contributed by atoms with van der Waals surface area (Å²) in [6, 6.07) is 23.7. The van der Waals surface area contributed by atoms with Crippen molar-refractivity contribution in [3.63, 3.8) is 0 Å². The Hall–Kier alpha value is -3.31. The van der Waals surface area contributed by atoms with Crippen molar-refractivity contribution in [1.29, 1.82) is 0 Å². The fraction of sp³-hybridized carbons (Fsp3) is 0.231. The largest absolute Gasteiger partial charge is 0.497 e. The van der Waals surface area contributed by atoms with Gasteiger partial charge in [0.2, 0.25) is 11.8 Å². The molecule has 1 atom stereocenters. The minimum Gasteiger partial charge on any atom is -0.497 e. The summed E-state index contributed by atoms with van der Waals surface area (Å²) in [5, 5.41) is 3.56. The molecule has 0 aliphatic rings. The van der Waals surface area contributed by atoms with E-state index in [1.807, 2.05) is 66.7 Å². The van der Waals surface area contributed by atoms with Crippen LogP contribution in [-0.4, -0.2) is 29.9 Å². The average molecular weight is 451 g/mol. The normalized spacial score (nSPS) is 11.5. The summed E-state index contributed by atoms with van der Waals surface area (Å²) >= 11 is 5.96. The van der Waals surface area contributed by atoms with Gasteiger partial charge in [-0.15, -0.1) is 0 Å². The predicted octanol–water partition coefficient (Wildman–Crippen LogP) is 4.62. The summed E-state index contributed by atoms with van der Waals surface area (Å²) in [4.78, 5) is 27.7. The third kappa shape index (κ3) is 6.59. The fourth-order valence-corrected chi connectivity index (χ4v) is 3.45. The Bertz CT molecular complexity index is 1020. The van der Waals surface area contributed by atoms with Crippen LogP contribution in [0.5, 0.6) is 5.75 Å². The molecule has 0 aliphatic carbocycles. The van der Waals surface area contributed by atoms with Crippen LogP contribution >= 0.6 is 11.6 Å². The standard InChI is InChI=1S/C26H27ClN2O3/c1-19(26(31)28-17-21-10-14-24(32-2)15-11-21)29(18-22-6-4-3-5-7-22)25(30)16-20-8-12-23(27)13-9-20/h3-15,19H,16-18H2,1-2H3,(H,28,31)/t19-/m1/s1. The predicted molar refractivity (Wildman–Crippen MR) is 126 cm³/mol. The molecule has 32 heavy (non-hydrogen) atoms. The summed E-state index contributed by atoms with van der Waals surface area (Å²) in [7, 11) is 1.61. The zero-order valence-electron chi connectivity index (χ0n) is 18.3. The molecule has 0 saturated heterocycles. The zero-order valence-corrected chi connectivity index (χ0v) is 19.0. The van der Waals surface area contributed by atoms with Crippen LogP contribution in [0, 0.1) is 0 Å². The summed E-state index contributed by atoms with van der Waals surface area (Å²) < 4.78 is 5.16. The van der Waals surface area contributed by atoms with Crippen molar-refractivity contribution in [3.8, 4) is 5.75 Å². The van der Waals surface area contributed by atoms with Crippen LogP contribution in [0.1, 0.15) is 23.6 Å². The number of nitrogens with zero attached hydrogens (tertiary/aromatic N) is 1. The highest BCUT2D eigenvalue weighted by Crippen LogP contribution is 2.15. The van der Waals surface area contributed by atoms with E-state index in [9.17, 15) is 9.59 Å². The second kappa shape index (κ2) is 11.3. The number of nitrogens with one attached hydrogen (secondary N) is 1. The molecule has 3 aromatic rings. The Balaban J connectivity index is 1.70. The number of carbonyl (C=O) groups excluding carboxylic acids is 2. The van der Waals surface area contributed by atoms with Gasteiger partial charge in [0.25, 0.3) is 0 Å². The summed E-state index contributed by atoms with van der Waals surface area (Å²) in [6.45, 7) is 2.48. The highest BCUT2D eigenvalue weighted by atomic mass is 35.5. The van der Waals surface area contributed by atoms with Crippen molar-refractivity contribution in [3.05, 3.63) is 101 Å². The van der Waals surface area contributed by atoms with Crippen LogP contribution in [0.25, 0.3) is 0 Å². The SMILES string of the molecule is COc1ccc(CNC(=O)[C@@H](C)N(Cc2ccccc2)C(=O)Cc2ccc(Cl)cc2)cc1. The molecule has 0 fully saturated rings. The van der Waals surface area contributed by atoms with Crippen LogP contribution in [0.4, 0.5) is 0 Å². The van der Waals surface area contributed by atoms with Crippen LogP contribution in [0.2, 0.25) is 5.02 Å². The van der Waals surface area contributed by atoms with Gasteiger partial charge in [-0.3, -0.25) is 9.59 Å². The zero-order chi connectivity index (χ0) is 22.9. The maximum Gasteiger partial charge on any atom is 0.242 e. The van der Waals surface area contributed by atoms with Gasteiger partial charge in [-0.1, -0.05) is 66.2 Å². The average Bonchev–Trinajstić information content (AvgIpc) is 2.83. The quantitative estimate of drug-likeness (QED) is 0.517. The minimum absolute atomic E-state index is 0.122. The van der Waals surface area contributed by atoms with Gasteiger partial charge in [-0.05, 0) is 47.9 Å². The minimum atomic E-state index is -0.631. The van der Waals surface area contributed by atoms with E-state index in [4.69, 9.17) is 16.3 Å². The van der Waals surface area contributed by atoms with Gasteiger partial charge in [0.1, 0.15) is 11.8 Å². The number of ether oxygens (including phenoxy) is 1. The molecule has 5 nitrogen and oxygen atoms in total. The lowest BCUT2D eigenvalue weighted by atomic mass is 10.1. The molecule has 0 heterocycles. The number of amides is 2. The number of benzene rings is 3. The van der Waals surface area contributed by atoms with Crippen molar-refractivity contribution in [2.75, 3.05) is 7.11 Å². The molecule has 2 amide bonds. The molecule has 6 heteroatoms. The molecular weight excluding hydrogens is 424 g/mol. The fourth-order valence-electron chi connectivity index (χ4n) is 3.32. The van der Waals surface area contributed by atoms with Gasteiger partial charge in [0.05, 0.1) is 13.5 Å². The molecule has 0 saturated carbocycles. The molecule has 0 aromatic heterocycles. The summed E-state index contributed by atoms with van der Waals surface area (Å²) in [5.74, 6) is 0.430. The second-order valence-corrected chi connectivity index (χ2v) is 7.99. The van der Waals surface area contributed by atoms with Gasteiger partial charge in [-0.2, -0.15) is 0 Å². The molecule has 3 aromatic carbocycles. The Morgan fingerprint density at radius 3 is 2.16 bits per heavy atom. The third-order valence-corrected chi connectivity index (χ3v) is 5.51. The number of hydrogen-bond donors (Lipinski definition) is 1. The van der Waals surface area contributed by atoms with E-state index in [0.29, 0.717) is 18.1 Å². The number of hydrogen-bond acceptors (Lipinski definition) is 3. The van der Waals surface area contributed by atoms with E-state index in [2.05, 4.69) is 5.32 Å². The first kappa shape index (κ1) is 23.4. The number of methoxy groups -OCH3 is 1. The van der Waals surface area contributed by atoms with E-state index in [1.54, 1.807) is 31.1 Å². The lowest BCUT2D eigenvalue weighted by molar-refractivity contribution is -0.140. The van der Waals surface area contributed by atoms with Crippen molar-refractivity contribution in [2.24, 2.45) is 0 Å². The van der Waals surface area contributed by atoms with Gasteiger partial charge >= 0.3 is 0 Å². The van der Waals surface area contributed by atoms with Crippen molar-refractivity contribution < 1.29 is 14.3 Å². The Morgan fingerprint density at radius 1 is 0.906 bits per heavy atom. The molecule has 1 N–H and O–H groups in total. The first-order chi connectivity index (χ1) is 15.5. The van der Waals surface area contributed by atoms with Crippen molar-refractivity contribution >= 4 is 23.4 Å². The van der Waals surface area contributed by atoms with Gasteiger partial charge in [0.15, 0.2) is 0 Å². The first-order valence-electron chi connectivity index (χ1n) is 10.4. The molecule has 0 radical (unpaired) electrons. The molecule has 0 bridgehead atoms. The summed E-state index contributed by atoms with van der Waals surface area (Å²) in [6.07, 6.45) is 0.195. The molecule has 3 rings (SSSR count). The molecule has 0 aliphatic heterocycles. The van der Waals surface area contributed by atoms with Crippen LogP contribution < -0.4 is 10.1 Å². The van der Waals surface area contributed by atoms with E-state index >= 15 is 0 Å². The molecular formula is C26H27ClN2O3. The topological polar surface area (TPSA) is 58.6 Å². The van der Waals surface area contributed by atoms with Crippen LogP contribution in [-0.2, 0) is 29.1 Å². The highest BCUT2D eigenvalue weighted by Gasteiger charge is 2.26. The van der Waals surface area contributed by atoms with E-state index in [0.717, 1.165) is 22.4 Å². The van der Waals surface area contributed by atoms with E-state index in [1.165, 1.54) is 0 Å². The van der Waals surface area contributed by atoms with Crippen molar-refractivity contribution in [2.45, 2.75) is 32.5 Å². The maximum atomic E-state index is 13.2. The molecule has 0 spiro atoms. The number of rotatable bonds is 9. The maximum absolute atomic E-state index is 13.2. The van der Waals surface area contributed by atoms with Crippen LogP contribution in [0.15, 0.2) is 78.9 Å². The van der Waals surface area contributed by atoms with Gasteiger partial charge in [0, 0.05) is 18.1 Å². The van der Waals surface area contributed by atoms with E-state index < -0.39 is 6.04 Å². The Labute approximate surface area is 194 Å². The van der Waals surface area contributed by atoms with E-state index in [-0.39, 0.29) is 18.2 Å². The molecule has 0 unspecified atom stereocenters. The third-order valence-electron chi connectivity index (χ3n) is 5.26. The lowest BCUT2D eigenvalue weighted by Gasteiger charge is -2.29. The van der Waals surface area contributed by atoms with Gasteiger partial charge in [-0.25, -0.2) is 0 Å². The van der Waals surface area contributed by atoms with Crippen molar-refractivity contribution in [1.82, 2.24) is 10.2 Å². The molecule has 166 valence electrons. The Kier molecular flexibility index (Phi) is 8.28. The second-order valence-electron chi connectivity index (χ2n) is 7.55. The van der Waals surface area contributed by atoms with Gasteiger partial charge < -0.3 is 15.0 Å².